The predicted octanol–water partition coefficient (Wildman–Crippen LogP) is -0.805. The molecule has 0 unspecified atom stereocenters. The van der Waals surface area contributed by atoms with E-state index in [9.17, 15) is 50.4 Å². The number of fused-ring (bicyclic) bond motifs is 1. The van der Waals surface area contributed by atoms with Crippen molar-refractivity contribution in [2.45, 2.75) is 75.3 Å². The van der Waals surface area contributed by atoms with Crippen LogP contribution in [0.25, 0.3) is 22.3 Å². The topological polar surface area (TPSA) is 274 Å². The minimum Gasteiger partial charge on any atom is -0.507 e. The standard InChI is InChI=1S/C31H36O18/c1-10-19(35)22(38)25(41)30(45-10)49-29-23(39)20(36)17(9-44-11(2)32)47-31(29)46-16-8-14(34)18-21(37)24(40)26(48-28(18)27(16)43-4)12-5-6-13(33)15(7-12)42-3/h5-8,10,17,19-20,22-23,25,29-31,33-36,38-41H,9H2,1-4H3/t10-,17+,19-,20+,22+,23-,25+,29+,30-,31+/m1/s1. The molecule has 5 rings (SSSR count). The maximum absolute atomic E-state index is 13.3. The van der Waals surface area contributed by atoms with Gasteiger partial charge in [-0.05, 0) is 25.1 Å². The van der Waals surface area contributed by atoms with Gasteiger partial charge in [-0.1, -0.05) is 0 Å². The summed E-state index contributed by atoms with van der Waals surface area (Å²) >= 11 is 0. The van der Waals surface area contributed by atoms with E-state index >= 15 is 0 Å². The number of phenolic OH excluding ortho intramolecular Hbond substituents is 2. The first-order valence-corrected chi connectivity index (χ1v) is 14.8. The molecule has 8 N–H and O–H groups in total. The molecule has 10 atom stereocenters. The minimum atomic E-state index is -1.89. The van der Waals surface area contributed by atoms with Gasteiger partial charge in [0.1, 0.15) is 54.4 Å². The Morgan fingerprint density at radius 3 is 2.20 bits per heavy atom. The molecule has 2 saturated heterocycles. The number of carbonyl (C=O) groups excluding carboxylic acids is 1. The molecule has 3 heterocycles. The molecule has 268 valence electrons. The first-order valence-electron chi connectivity index (χ1n) is 14.8. The van der Waals surface area contributed by atoms with Crippen LogP contribution < -0.4 is 19.6 Å². The fraction of sp³-hybridized carbons (Fsp3) is 0.484. The Balaban J connectivity index is 1.59. The van der Waals surface area contributed by atoms with E-state index in [2.05, 4.69) is 0 Å². The van der Waals surface area contributed by atoms with Crippen LogP contribution in [0.15, 0.2) is 33.5 Å². The van der Waals surface area contributed by atoms with Gasteiger partial charge < -0.3 is 78.4 Å². The number of hydrogen-bond donors (Lipinski definition) is 8. The van der Waals surface area contributed by atoms with Gasteiger partial charge in [0.15, 0.2) is 41.0 Å². The van der Waals surface area contributed by atoms with Crippen molar-refractivity contribution < 1.29 is 83.2 Å². The monoisotopic (exact) mass is 696 g/mol. The molecule has 0 bridgehead atoms. The fourth-order valence-electron chi connectivity index (χ4n) is 5.48. The number of aliphatic hydroxyl groups is 5. The Morgan fingerprint density at radius 2 is 1.55 bits per heavy atom. The van der Waals surface area contributed by atoms with Crippen LogP contribution in [-0.4, -0.2) is 129 Å². The van der Waals surface area contributed by atoms with Crippen molar-refractivity contribution in [3.05, 3.63) is 34.5 Å². The van der Waals surface area contributed by atoms with Crippen LogP contribution in [0.5, 0.6) is 34.5 Å². The van der Waals surface area contributed by atoms with E-state index < -0.39 is 113 Å². The molecule has 2 aliphatic heterocycles. The van der Waals surface area contributed by atoms with Gasteiger partial charge in [-0.2, -0.15) is 0 Å². The van der Waals surface area contributed by atoms with Crippen LogP contribution in [0.1, 0.15) is 13.8 Å². The molecule has 2 fully saturated rings. The zero-order valence-corrected chi connectivity index (χ0v) is 26.5. The van der Waals surface area contributed by atoms with E-state index in [1.165, 1.54) is 32.2 Å². The van der Waals surface area contributed by atoms with Crippen molar-refractivity contribution in [1.29, 1.82) is 0 Å². The molecule has 0 radical (unpaired) electrons. The van der Waals surface area contributed by atoms with E-state index in [-0.39, 0.29) is 22.8 Å². The van der Waals surface area contributed by atoms with Crippen molar-refractivity contribution in [2.75, 3.05) is 20.8 Å². The summed E-state index contributed by atoms with van der Waals surface area (Å²) in [5.41, 5.74) is -1.41. The van der Waals surface area contributed by atoms with Gasteiger partial charge in [0.05, 0.1) is 20.3 Å². The second kappa shape index (κ2) is 14.2. The summed E-state index contributed by atoms with van der Waals surface area (Å²) in [5, 5.41) is 84.1. The fourth-order valence-corrected chi connectivity index (χ4v) is 5.48. The molecule has 2 aliphatic rings. The van der Waals surface area contributed by atoms with Gasteiger partial charge >= 0.3 is 5.97 Å². The lowest BCUT2D eigenvalue weighted by Crippen LogP contribution is -2.64. The first kappa shape index (κ1) is 35.9. The molecule has 3 aromatic rings. The maximum atomic E-state index is 13.3. The highest BCUT2D eigenvalue weighted by Gasteiger charge is 2.51. The largest absolute Gasteiger partial charge is 0.507 e. The summed E-state index contributed by atoms with van der Waals surface area (Å²) in [6, 6.07) is 4.73. The lowest BCUT2D eigenvalue weighted by molar-refractivity contribution is -0.354. The molecule has 18 nitrogen and oxygen atoms in total. The second-order valence-corrected chi connectivity index (χ2v) is 11.4. The van der Waals surface area contributed by atoms with E-state index in [0.29, 0.717) is 0 Å². The summed E-state index contributed by atoms with van der Waals surface area (Å²) in [6.07, 6.45) is -16.4. The summed E-state index contributed by atoms with van der Waals surface area (Å²) < 4.78 is 44.4. The molecular formula is C31H36O18. The normalized spacial score (nSPS) is 30.1. The highest BCUT2D eigenvalue weighted by atomic mass is 16.8. The molecular weight excluding hydrogens is 660 g/mol. The number of methoxy groups -OCH3 is 2. The van der Waals surface area contributed by atoms with Crippen molar-refractivity contribution in [3.63, 3.8) is 0 Å². The van der Waals surface area contributed by atoms with Crippen LogP contribution in [0.4, 0.5) is 0 Å². The lowest BCUT2D eigenvalue weighted by Gasteiger charge is -2.45. The van der Waals surface area contributed by atoms with Gasteiger partial charge in [-0.25, -0.2) is 0 Å². The summed E-state index contributed by atoms with van der Waals surface area (Å²) in [7, 11) is 2.44. The van der Waals surface area contributed by atoms with Crippen LogP contribution in [0.2, 0.25) is 0 Å². The molecule has 0 aliphatic carbocycles. The number of aromatic hydroxyl groups is 3. The Labute approximate surface area is 276 Å². The molecule has 1 aromatic heterocycles. The highest BCUT2D eigenvalue weighted by Crippen LogP contribution is 2.45. The zero-order chi connectivity index (χ0) is 35.9. The number of aliphatic hydroxyl groups excluding tert-OH is 5. The Morgan fingerprint density at radius 1 is 0.837 bits per heavy atom. The quantitative estimate of drug-likeness (QED) is 0.127. The molecule has 0 spiro atoms. The number of hydrogen-bond acceptors (Lipinski definition) is 18. The van der Waals surface area contributed by atoms with Gasteiger partial charge in [0.2, 0.25) is 23.2 Å². The van der Waals surface area contributed by atoms with E-state index in [1.807, 2.05) is 0 Å². The predicted molar refractivity (Wildman–Crippen MR) is 161 cm³/mol. The highest BCUT2D eigenvalue weighted by molar-refractivity contribution is 5.93. The average molecular weight is 697 g/mol. The maximum Gasteiger partial charge on any atom is 0.302 e. The molecule has 49 heavy (non-hydrogen) atoms. The molecule has 0 saturated carbocycles. The number of esters is 1. The number of rotatable bonds is 9. The third-order valence-corrected chi connectivity index (χ3v) is 8.13. The van der Waals surface area contributed by atoms with Crippen molar-refractivity contribution in [3.8, 4) is 45.8 Å². The minimum absolute atomic E-state index is 0.0143. The number of ether oxygens (including phenoxy) is 7. The third kappa shape index (κ3) is 6.77. The summed E-state index contributed by atoms with van der Waals surface area (Å²) in [6.45, 7) is 1.93. The number of carbonyl (C=O) groups is 1. The average Bonchev–Trinajstić information content (AvgIpc) is 3.06. The molecule has 18 heteroatoms. The second-order valence-electron chi connectivity index (χ2n) is 11.4. The first-order chi connectivity index (χ1) is 23.2. The number of phenols is 2. The van der Waals surface area contributed by atoms with Crippen molar-refractivity contribution >= 4 is 16.9 Å². The van der Waals surface area contributed by atoms with Crippen molar-refractivity contribution in [2.24, 2.45) is 0 Å². The SMILES string of the molecule is COc1cc(-c2oc3c(OC)c(O[C@H]4O[C@@H](COC(C)=O)[C@H](O)[C@@H](O)[C@@H]4O[C@H]4O[C@H](C)[C@@H](O)[C@H](O)[C@@H]4O)cc(O)c3c(=O)c2O)ccc1O. The van der Waals surface area contributed by atoms with E-state index in [4.69, 9.17) is 37.6 Å². The van der Waals surface area contributed by atoms with Crippen LogP contribution in [0, 0.1) is 0 Å². The molecule has 2 aromatic carbocycles. The van der Waals surface area contributed by atoms with Gasteiger partial charge in [-0.3, -0.25) is 9.59 Å². The van der Waals surface area contributed by atoms with Crippen LogP contribution in [-0.2, 0) is 23.7 Å². The van der Waals surface area contributed by atoms with Crippen LogP contribution in [0.3, 0.4) is 0 Å². The van der Waals surface area contributed by atoms with E-state index in [1.54, 1.807) is 0 Å². The van der Waals surface area contributed by atoms with E-state index in [0.717, 1.165) is 20.1 Å². The lowest BCUT2D eigenvalue weighted by atomic mass is 9.97. The third-order valence-electron chi connectivity index (χ3n) is 8.13. The Kier molecular flexibility index (Phi) is 10.4. The smallest absolute Gasteiger partial charge is 0.302 e. The summed E-state index contributed by atoms with van der Waals surface area (Å²) in [4.78, 5) is 24.8. The Bertz CT molecular complexity index is 1740. The number of benzene rings is 2. The summed E-state index contributed by atoms with van der Waals surface area (Å²) in [5.74, 6) is -3.77. The van der Waals surface area contributed by atoms with Gasteiger partial charge in [0.25, 0.3) is 0 Å². The zero-order valence-electron chi connectivity index (χ0n) is 26.5. The van der Waals surface area contributed by atoms with Crippen molar-refractivity contribution in [1.82, 2.24) is 0 Å². The van der Waals surface area contributed by atoms with Gasteiger partial charge in [-0.15, -0.1) is 0 Å². The van der Waals surface area contributed by atoms with Gasteiger partial charge in [0, 0.05) is 18.6 Å². The molecule has 0 amide bonds. The van der Waals surface area contributed by atoms with Crippen LogP contribution >= 0.6 is 0 Å². The Hall–Kier alpha value is -4.40.